The van der Waals surface area contributed by atoms with Crippen molar-refractivity contribution in [3.63, 3.8) is 0 Å². The lowest BCUT2D eigenvalue weighted by atomic mass is 10.1. The Hall–Kier alpha value is -2.02. The molecule has 8 heteroatoms. The third-order valence-electron chi connectivity index (χ3n) is 4.24. The first kappa shape index (κ1) is 18.8. The van der Waals surface area contributed by atoms with E-state index in [2.05, 4.69) is 0 Å². The van der Waals surface area contributed by atoms with Crippen LogP contribution in [0.5, 0.6) is 0 Å². The molecular weight excluding hydrogens is 381 g/mol. The van der Waals surface area contributed by atoms with Gasteiger partial charge in [-0.2, -0.15) is 0 Å². The fourth-order valence-corrected chi connectivity index (χ4v) is 3.19. The highest BCUT2D eigenvalue weighted by atomic mass is 35.5. The molecule has 0 aliphatic carbocycles. The number of morpholine rings is 1. The Morgan fingerprint density at radius 2 is 2.04 bits per heavy atom. The normalized spacial score (nSPS) is 17.3. The Morgan fingerprint density at radius 1 is 1.27 bits per heavy atom. The molecule has 1 unspecified atom stereocenters. The standard InChI is InChI=1S/C18H17Cl2NO5/c1-2-14-11(18(23)24)8-15(26-14)17(22)21-5-6-25-16(9-21)10-3-4-12(19)13(20)7-10/h3-4,7-8,16H,2,5-6,9H2,1H3,(H,23,24). The minimum Gasteiger partial charge on any atom is -0.478 e. The highest BCUT2D eigenvalue weighted by molar-refractivity contribution is 6.42. The number of aryl methyl sites for hydroxylation is 1. The molecule has 26 heavy (non-hydrogen) atoms. The Bertz CT molecular complexity index is 848. The summed E-state index contributed by atoms with van der Waals surface area (Å²) in [4.78, 5) is 25.6. The largest absolute Gasteiger partial charge is 0.478 e. The van der Waals surface area contributed by atoms with E-state index < -0.39 is 5.97 Å². The van der Waals surface area contributed by atoms with Gasteiger partial charge in [-0.15, -0.1) is 0 Å². The van der Waals surface area contributed by atoms with Crippen LogP contribution in [-0.2, 0) is 11.2 Å². The highest BCUT2D eigenvalue weighted by Crippen LogP contribution is 2.29. The fourth-order valence-electron chi connectivity index (χ4n) is 2.88. The second-order valence-electron chi connectivity index (χ2n) is 5.89. The van der Waals surface area contributed by atoms with Gasteiger partial charge < -0.3 is 19.2 Å². The fraction of sp³-hybridized carbons (Fsp3) is 0.333. The average Bonchev–Trinajstić information content (AvgIpc) is 3.08. The van der Waals surface area contributed by atoms with E-state index in [0.717, 1.165) is 5.56 Å². The summed E-state index contributed by atoms with van der Waals surface area (Å²) in [7, 11) is 0. The van der Waals surface area contributed by atoms with E-state index in [4.69, 9.17) is 32.4 Å². The van der Waals surface area contributed by atoms with Gasteiger partial charge >= 0.3 is 5.97 Å². The van der Waals surface area contributed by atoms with Gasteiger partial charge in [0.25, 0.3) is 5.91 Å². The van der Waals surface area contributed by atoms with Crippen LogP contribution < -0.4 is 0 Å². The third-order valence-corrected chi connectivity index (χ3v) is 4.98. The van der Waals surface area contributed by atoms with Crippen molar-refractivity contribution in [2.45, 2.75) is 19.4 Å². The number of hydrogen-bond acceptors (Lipinski definition) is 4. The van der Waals surface area contributed by atoms with Crippen LogP contribution in [0.15, 0.2) is 28.7 Å². The molecule has 1 N–H and O–H groups in total. The van der Waals surface area contributed by atoms with E-state index in [1.165, 1.54) is 6.07 Å². The van der Waals surface area contributed by atoms with Crippen molar-refractivity contribution in [3.05, 3.63) is 57.0 Å². The Labute approximate surface area is 160 Å². The summed E-state index contributed by atoms with van der Waals surface area (Å²) in [6.07, 6.45) is 0.0474. The van der Waals surface area contributed by atoms with Crippen molar-refractivity contribution >= 4 is 35.1 Å². The van der Waals surface area contributed by atoms with Crippen LogP contribution in [0.4, 0.5) is 0 Å². The molecule has 2 heterocycles. The first-order chi connectivity index (χ1) is 12.4. The number of aromatic carboxylic acids is 1. The minimum absolute atomic E-state index is 0.0187. The summed E-state index contributed by atoms with van der Waals surface area (Å²) in [5.74, 6) is -1.16. The number of ether oxygens (including phenoxy) is 1. The zero-order valence-electron chi connectivity index (χ0n) is 14.0. The first-order valence-corrected chi connectivity index (χ1v) is 8.88. The molecule has 0 radical (unpaired) electrons. The lowest BCUT2D eigenvalue weighted by Gasteiger charge is -2.32. The monoisotopic (exact) mass is 397 g/mol. The molecule has 6 nitrogen and oxygen atoms in total. The van der Waals surface area contributed by atoms with Gasteiger partial charge in [-0.05, 0) is 17.7 Å². The summed E-state index contributed by atoms with van der Waals surface area (Å²) < 4.78 is 11.2. The Balaban J connectivity index is 1.79. The number of carbonyl (C=O) groups excluding carboxylic acids is 1. The maximum Gasteiger partial charge on any atom is 0.339 e. The summed E-state index contributed by atoms with van der Waals surface area (Å²) in [6, 6.07) is 6.49. The number of halogens is 2. The molecule has 0 spiro atoms. The molecule has 0 bridgehead atoms. The van der Waals surface area contributed by atoms with Crippen molar-refractivity contribution in [1.29, 1.82) is 0 Å². The predicted molar refractivity (Wildman–Crippen MR) is 96.1 cm³/mol. The second kappa shape index (κ2) is 7.70. The number of amides is 1. The molecule has 1 aromatic carbocycles. The third kappa shape index (κ3) is 3.72. The molecule has 1 aliphatic rings. The number of carboxylic acid groups (broad SMARTS) is 1. The zero-order chi connectivity index (χ0) is 18.8. The van der Waals surface area contributed by atoms with Crippen molar-refractivity contribution < 1.29 is 23.8 Å². The number of carboxylic acids is 1. The molecule has 2 aromatic rings. The Kier molecular flexibility index (Phi) is 5.55. The van der Waals surface area contributed by atoms with Crippen molar-refractivity contribution in [2.75, 3.05) is 19.7 Å². The number of carbonyl (C=O) groups is 2. The summed E-state index contributed by atoms with van der Waals surface area (Å²) in [5, 5.41) is 10.1. The van der Waals surface area contributed by atoms with E-state index in [1.54, 1.807) is 30.0 Å². The van der Waals surface area contributed by atoms with Gasteiger partial charge in [-0.25, -0.2) is 4.79 Å². The number of hydrogen-bond donors (Lipinski definition) is 1. The topological polar surface area (TPSA) is 80.0 Å². The van der Waals surface area contributed by atoms with Crippen LogP contribution in [0.3, 0.4) is 0 Å². The highest BCUT2D eigenvalue weighted by Gasteiger charge is 2.29. The molecule has 1 aromatic heterocycles. The van der Waals surface area contributed by atoms with E-state index in [1.807, 2.05) is 0 Å². The molecule has 138 valence electrons. The second-order valence-corrected chi connectivity index (χ2v) is 6.70. The molecule has 3 rings (SSSR count). The summed E-state index contributed by atoms with van der Waals surface area (Å²) >= 11 is 12.0. The minimum atomic E-state index is -1.11. The maximum absolute atomic E-state index is 12.7. The van der Waals surface area contributed by atoms with Gasteiger partial charge in [-0.1, -0.05) is 36.2 Å². The molecule has 1 aliphatic heterocycles. The number of rotatable bonds is 4. The van der Waals surface area contributed by atoms with E-state index in [-0.39, 0.29) is 29.1 Å². The van der Waals surface area contributed by atoms with Gasteiger partial charge in [0, 0.05) is 19.0 Å². The first-order valence-electron chi connectivity index (χ1n) is 8.12. The van der Waals surface area contributed by atoms with Gasteiger partial charge in [0.1, 0.15) is 17.4 Å². The molecule has 1 fully saturated rings. The Morgan fingerprint density at radius 3 is 2.65 bits per heavy atom. The molecular formula is C18H17Cl2NO5. The van der Waals surface area contributed by atoms with Gasteiger partial charge in [0.15, 0.2) is 5.76 Å². The van der Waals surface area contributed by atoms with Crippen LogP contribution in [0.2, 0.25) is 10.0 Å². The molecule has 1 atom stereocenters. The summed E-state index contributed by atoms with van der Waals surface area (Å²) in [5.41, 5.74) is 0.835. The van der Waals surface area contributed by atoms with Crippen LogP contribution >= 0.6 is 23.2 Å². The maximum atomic E-state index is 12.7. The number of furan rings is 1. The van der Waals surface area contributed by atoms with Gasteiger partial charge in [0.05, 0.1) is 23.2 Å². The smallest absolute Gasteiger partial charge is 0.339 e. The molecule has 1 saturated heterocycles. The zero-order valence-corrected chi connectivity index (χ0v) is 15.5. The van der Waals surface area contributed by atoms with Crippen LogP contribution in [0.1, 0.15) is 45.3 Å². The summed E-state index contributed by atoms with van der Waals surface area (Å²) in [6.45, 7) is 2.82. The lowest BCUT2D eigenvalue weighted by molar-refractivity contribution is -0.0238. The van der Waals surface area contributed by atoms with E-state index in [0.29, 0.717) is 36.2 Å². The number of nitrogens with zero attached hydrogens (tertiary/aromatic N) is 1. The molecule has 0 saturated carbocycles. The van der Waals surface area contributed by atoms with Crippen molar-refractivity contribution in [3.8, 4) is 0 Å². The SMILES string of the molecule is CCc1oc(C(=O)N2CCOC(c3ccc(Cl)c(Cl)c3)C2)cc1C(=O)O. The van der Waals surface area contributed by atoms with E-state index in [9.17, 15) is 14.7 Å². The predicted octanol–water partition coefficient (Wildman–Crippen LogP) is 4.06. The van der Waals surface area contributed by atoms with Crippen molar-refractivity contribution in [1.82, 2.24) is 4.90 Å². The number of benzene rings is 1. The van der Waals surface area contributed by atoms with Gasteiger partial charge in [0.2, 0.25) is 0 Å². The van der Waals surface area contributed by atoms with Crippen LogP contribution in [0.25, 0.3) is 0 Å². The van der Waals surface area contributed by atoms with Crippen molar-refractivity contribution in [2.24, 2.45) is 0 Å². The van der Waals surface area contributed by atoms with Crippen LogP contribution in [-0.4, -0.2) is 41.6 Å². The lowest BCUT2D eigenvalue weighted by Crippen LogP contribution is -2.42. The van der Waals surface area contributed by atoms with E-state index >= 15 is 0 Å². The quantitative estimate of drug-likeness (QED) is 0.840. The average molecular weight is 398 g/mol. The molecule has 1 amide bonds. The van der Waals surface area contributed by atoms with Crippen LogP contribution in [0, 0.1) is 0 Å². The van der Waals surface area contributed by atoms with Gasteiger partial charge in [-0.3, -0.25) is 4.79 Å².